The Labute approximate surface area is 143 Å². The minimum absolute atomic E-state index is 0.0866. The first-order valence-corrected chi connectivity index (χ1v) is 7.95. The number of hydrogen-bond acceptors (Lipinski definition) is 3. The number of nitriles is 1. The largest absolute Gasteiger partial charge is 0.347 e. The van der Waals surface area contributed by atoms with Crippen LogP contribution in [-0.2, 0) is 4.79 Å². The number of nitrogens with zero attached hydrogens (tertiary/aromatic N) is 2. The maximum absolute atomic E-state index is 12.4. The normalized spacial score (nSPS) is 12.1. The van der Waals surface area contributed by atoms with Crippen molar-refractivity contribution in [1.82, 2.24) is 5.32 Å². The molecule has 0 aromatic heterocycles. The molecule has 0 aliphatic heterocycles. The van der Waals surface area contributed by atoms with Crippen LogP contribution >= 0.6 is 0 Å². The van der Waals surface area contributed by atoms with Gasteiger partial charge in [-0.3, -0.25) is 4.79 Å². The number of hydrogen-bond donors (Lipinski definition) is 1. The number of para-hydroxylation sites is 1. The molecule has 0 heterocycles. The van der Waals surface area contributed by atoms with Crippen molar-refractivity contribution in [2.24, 2.45) is 0 Å². The van der Waals surface area contributed by atoms with Crippen molar-refractivity contribution in [3.05, 3.63) is 78.0 Å². The highest BCUT2D eigenvalue weighted by Crippen LogP contribution is 2.16. The number of anilines is 1. The summed E-state index contributed by atoms with van der Waals surface area (Å²) in [6, 6.07) is 21.2. The standard InChI is InChI=1S/C20H21N3O/c1-3-23(19-12-8-5-9-13-19)15-18(14-21)20(24)22-16(2)17-10-6-4-7-11-17/h4-13,15-16H,3H2,1-2H3,(H,22,24)/b18-15-. The van der Waals surface area contributed by atoms with E-state index in [-0.39, 0.29) is 17.5 Å². The van der Waals surface area contributed by atoms with E-state index in [1.54, 1.807) is 6.20 Å². The lowest BCUT2D eigenvalue weighted by Crippen LogP contribution is -2.29. The Hall–Kier alpha value is -3.06. The topological polar surface area (TPSA) is 56.1 Å². The lowest BCUT2D eigenvalue weighted by atomic mass is 10.1. The Kier molecular flexibility index (Phi) is 6.16. The molecule has 24 heavy (non-hydrogen) atoms. The highest BCUT2D eigenvalue weighted by molar-refractivity contribution is 5.97. The third-order valence-electron chi connectivity index (χ3n) is 3.73. The first-order chi connectivity index (χ1) is 11.7. The van der Waals surface area contributed by atoms with Crippen LogP contribution in [0.2, 0.25) is 0 Å². The summed E-state index contributed by atoms with van der Waals surface area (Å²) in [6.45, 7) is 4.54. The first-order valence-electron chi connectivity index (χ1n) is 7.95. The van der Waals surface area contributed by atoms with Gasteiger partial charge in [0.15, 0.2) is 0 Å². The molecule has 0 radical (unpaired) electrons. The van der Waals surface area contributed by atoms with Gasteiger partial charge < -0.3 is 10.2 Å². The number of benzene rings is 2. The van der Waals surface area contributed by atoms with E-state index >= 15 is 0 Å². The van der Waals surface area contributed by atoms with Gasteiger partial charge in [0.05, 0.1) is 6.04 Å². The minimum Gasteiger partial charge on any atom is -0.347 e. The Morgan fingerprint density at radius 1 is 1.17 bits per heavy atom. The third kappa shape index (κ3) is 4.47. The quantitative estimate of drug-likeness (QED) is 0.651. The van der Waals surface area contributed by atoms with Crippen molar-refractivity contribution in [3.8, 4) is 6.07 Å². The summed E-state index contributed by atoms with van der Waals surface area (Å²) >= 11 is 0. The van der Waals surface area contributed by atoms with Gasteiger partial charge in [0, 0.05) is 18.4 Å². The molecular weight excluding hydrogens is 298 g/mol. The summed E-state index contributed by atoms with van der Waals surface area (Å²) in [5.41, 5.74) is 2.03. The number of carbonyl (C=O) groups excluding carboxylic acids is 1. The summed E-state index contributed by atoms with van der Waals surface area (Å²) in [6.07, 6.45) is 1.60. The maximum atomic E-state index is 12.4. The van der Waals surface area contributed by atoms with Gasteiger partial charge in [0.1, 0.15) is 11.6 Å². The zero-order chi connectivity index (χ0) is 17.4. The van der Waals surface area contributed by atoms with E-state index in [0.29, 0.717) is 6.54 Å². The molecule has 0 aliphatic carbocycles. The SMILES string of the molecule is CCN(/C=C(/C#N)C(=O)NC(C)c1ccccc1)c1ccccc1. The molecule has 1 unspecified atom stereocenters. The molecule has 4 heteroatoms. The van der Waals surface area contributed by atoms with Crippen molar-refractivity contribution in [3.63, 3.8) is 0 Å². The molecule has 0 spiro atoms. The van der Waals surface area contributed by atoms with Crippen LogP contribution in [-0.4, -0.2) is 12.5 Å². The van der Waals surface area contributed by atoms with Gasteiger partial charge in [-0.15, -0.1) is 0 Å². The molecule has 0 fully saturated rings. The predicted octanol–water partition coefficient (Wildman–Crippen LogP) is 3.80. The van der Waals surface area contributed by atoms with Gasteiger partial charge in [0.25, 0.3) is 5.91 Å². The molecule has 2 aromatic rings. The summed E-state index contributed by atoms with van der Waals surface area (Å²) in [7, 11) is 0. The van der Waals surface area contributed by atoms with Crippen LogP contribution in [0.3, 0.4) is 0 Å². The van der Waals surface area contributed by atoms with E-state index in [4.69, 9.17) is 0 Å². The van der Waals surface area contributed by atoms with Crippen LogP contribution < -0.4 is 10.2 Å². The fourth-order valence-electron chi connectivity index (χ4n) is 2.36. The molecule has 1 N–H and O–H groups in total. The molecule has 2 aromatic carbocycles. The molecule has 4 nitrogen and oxygen atoms in total. The zero-order valence-corrected chi connectivity index (χ0v) is 13.9. The summed E-state index contributed by atoms with van der Waals surface area (Å²) in [4.78, 5) is 14.3. The van der Waals surface area contributed by atoms with Gasteiger partial charge in [0.2, 0.25) is 0 Å². The van der Waals surface area contributed by atoms with Crippen LogP contribution in [0.4, 0.5) is 5.69 Å². The van der Waals surface area contributed by atoms with Crippen molar-refractivity contribution < 1.29 is 4.79 Å². The van der Waals surface area contributed by atoms with Gasteiger partial charge in [-0.05, 0) is 31.5 Å². The van der Waals surface area contributed by atoms with Gasteiger partial charge in [-0.25, -0.2) is 0 Å². The second-order valence-electron chi connectivity index (χ2n) is 5.38. The zero-order valence-electron chi connectivity index (χ0n) is 13.9. The van der Waals surface area contributed by atoms with E-state index in [9.17, 15) is 10.1 Å². The predicted molar refractivity (Wildman–Crippen MR) is 96.2 cm³/mol. The molecule has 0 saturated heterocycles. The lowest BCUT2D eigenvalue weighted by Gasteiger charge is -2.19. The number of carbonyl (C=O) groups is 1. The monoisotopic (exact) mass is 319 g/mol. The molecule has 122 valence electrons. The number of nitrogens with one attached hydrogen (secondary N) is 1. The summed E-state index contributed by atoms with van der Waals surface area (Å²) in [5.74, 6) is -0.372. The van der Waals surface area contributed by atoms with Crippen molar-refractivity contribution in [2.75, 3.05) is 11.4 Å². The summed E-state index contributed by atoms with van der Waals surface area (Å²) in [5, 5.41) is 12.2. The average molecular weight is 319 g/mol. The highest BCUT2D eigenvalue weighted by Gasteiger charge is 2.15. The molecule has 1 amide bonds. The van der Waals surface area contributed by atoms with E-state index in [1.165, 1.54) is 0 Å². The average Bonchev–Trinajstić information content (AvgIpc) is 2.64. The van der Waals surface area contributed by atoms with Crippen molar-refractivity contribution >= 4 is 11.6 Å². The Morgan fingerprint density at radius 2 is 1.75 bits per heavy atom. The van der Waals surface area contributed by atoms with Crippen LogP contribution in [0.5, 0.6) is 0 Å². The molecule has 0 bridgehead atoms. The van der Waals surface area contributed by atoms with Crippen LogP contribution in [0.25, 0.3) is 0 Å². The van der Waals surface area contributed by atoms with Gasteiger partial charge in [-0.2, -0.15) is 5.26 Å². The molecule has 0 saturated carbocycles. The molecule has 1 atom stereocenters. The van der Waals surface area contributed by atoms with E-state index in [2.05, 4.69) is 5.32 Å². The highest BCUT2D eigenvalue weighted by atomic mass is 16.1. The lowest BCUT2D eigenvalue weighted by molar-refractivity contribution is -0.117. The van der Waals surface area contributed by atoms with E-state index in [1.807, 2.05) is 85.5 Å². The Morgan fingerprint density at radius 3 is 2.29 bits per heavy atom. The van der Waals surface area contributed by atoms with Crippen molar-refractivity contribution in [2.45, 2.75) is 19.9 Å². The maximum Gasteiger partial charge on any atom is 0.263 e. The van der Waals surface area contributed by atoms with E-state index in [0.717, 1.165) is 11.3 Å². The molecule has 2 rings (SSSR count). The van der Waals surface area contributed by atoms with E-state index < -0.39 is 0 Å². The Balaban J connectivity index is 2.15. The molecule has 0 aliphatic rings. The molecular formula is C20H21N3O. The fraction of sp³-hybridized carbons (Fsp3) is 0.200. The second-order valence-corrected chi connectivity index (χ2v) is 5.38. The van der Waals surface area contributed by atoms with Gasteiger partial charge >= 0.3 is 0 Å². The van der Waals surface area contributed by atoms with Crippen LogP contribution in [0, 0.1) is 11.3 Å². The fourth-order valence-corrected chi connectivity index (χ4v) is 2.36. The van der Waals surface area contributed by atoms with Crippen LogP contribution in [0.15, 0.2) is 72.4 Å². The number of amides is 1. The smallest absolute Gasteiger partial charge is 0.263 e. The van der Waals surface area contributed by atoms with Crippen LogP contribution in [0.1, 0.15) is 25.5 Å². The number of rotatable bonds is 6. The van der Waals surface area contributed by atoms with Gasteiger partial charge in [-0.1, -0.05) is 48.5 Å². The Bertz CT molecular complexity index is 732. The third-order valence-corrected chi connectivity index (χ3v) is 3.73. The summed E-state index contributed by atoms with van der Waals surface area (Å²) < 4.78 is 0. The second kappa shape index (κ2) is 8.54. The van der Waals surface area contributed by atoms with Crippen molar-refractivity contribution in [1.29, 1.82) is 5.26 Å². The first kappa shape index (κ1) is 17.3. The minimum atomic E-state index is -0.372.